The monoisotopic (exact) mass is 807 g/mol. The van der Waals surface area contributed by atoms with Crippen LogP contribution < -0.4 is 0 Å². The Labute approximate surface area is 366 Å². The molecule has 4 aliphatic carbocycles. The quantitative estimate of drug-likeness (QED) is 0.0960. The van der Waals surface area contributed by atoms with E-state index in [4.69, 9.17) is 4.74 Å². The van der Waals surface area contributed by atoms with Crippen molar-refractivity contribution >= 4 is 0 Å². The van der Waals surface area contributed by atoms with Gasteiger partial charge in [-0.2, -0.15) is 0 Å². The molecule has 0 radical (unpaired) electrons. The molecule has 0 N–H and O–H groups in total. The average Bonchev–Trinajstić information content (AvgIpc) is 3.29. The maximum absolute atomic E-state index is 7.86. The van der Waals surface area contributed by atoms with Crippen molar-refractivity contribution in [3.05, 3.63) is 70.8 Å². The minimum Gasteiger partial charge on any atom is -0.365 e. The predicted octanol–water partition coefficient (Wildman–Crippen LogP) is 18.3. The molecule has 4 saturated carbocycles. The number of aryl methyl sites for hydroxylation is 2. The van der Waals surface area contributed by atoms with Gasteiger partial charge in [-0.15, -0.1) is 0 Å². The van der Waals surface area contributed by atoms with Crippen molar-refractivity contribution in [1.82, 2.24) is 0 Å². The zero-order valence-corrected chi connectivity index (χ0v) is 39.4. The summed E-state index contributed by atoms with van der Waals surface area (Å²) < 4.78 is 7.86. The van der Waals surface area contributed by atoms with E-state index in [0.29, 0.717) is 11.8 Å². The lowest BCUT2D eigenvalue weighted by Gasteiger charge is -2.43. The fourth-order valence-electron chi connectivity index (χ4n) is 13.1. The van der Waals surface area contributed by atoms with Crippen molar-refractivity contribution in [2.75, 3.05) is 0 Å². The summed E-state index contributed by atoms with van der Waals surface area (Å²) in [6.07, 6.45) is 45.3. The van der Waals surface area contributed by atoms with E-state index < -0.39 is 0 Å². The van der Waals surface area contributed by atoms with Crippen LogP contribution in [0.25, 0.3) is 0 Å². The molecular formula is C58H94O. The van der Waals surface area contributed by atoms with Crippen molar-refractivity contribution in [3.8, 4) is 0 Å². The first kappa shape index (κ1) is 46.9. The fourth-order valence-corrected chi connectivity index (χ4v) is 13.1. The first-order chi connectivity index (χ1) is 29.1. The Morgan fingerprint density at radius 3 is 1.00 bits per heavy atom. The summed E-state index contributed by atoms with van der Waals surface area (Å²) in [4.78, 5) is 0. The Bertz CT molecular complexity index is 1240. The summed E-state index contributed by atoms with van der Waals surface area (Å²) in [7, 11) is 0. The van der Waals surface area contributed by atoms with Crippen LogP contribution in [-0.4, -0.2) is 0 Å². The highest BCUT2D eigenvalue weighted by molar-refractivity contribution is 5.28. The Morgan fingerprint density at radius 2 is 0.678 bits per heavy atom. The minimum absolute atomic E-state index is 0.199. The molecule has 2 atom stereocenters. The Balaban J connectivity index is 1.15. The number of ether oxygens (including phenoxy) is 1. The van der Waals surface area contributed by atoms with Crippen LogP contribution in [0, 0.1) is 47.3 Å². The van der Waals surface area contributed by atoms with Crippen LogP contribution in [0.15, 0.2) is 48.5 Å². The number of benzene rings is 2. The highest BCUT2D eigenvalue weighted by atomic mass is 16.5. The molecule has 0 amide bonds. The van der Waals surface area contributed by atoms with Gasteiger partial charge in [-0.25, -0.2) is 0 Å². The number of hydrogen-bond donors (Lipinski definition) is 0. The van der Waals surface area contributed by atoms with Gasteiger partial charge in [-0.05, 0) is 172 Å². The van der Waals surface area contributed by atoms with Crippen LogP contribution in [-0.2, 0) is 17.6 Å². The standard InChI is InChI=1S/C58H94O/c1-5-9-13-17-45-21-29-49(30-22-45)51-37-41-55(42-38-51)57(53-33-25-47(26-34-53)19-15-11-7-3)59-58(54-35-27-48(28-36-54)20-16-12-8-4)56-43-39-52(40-44-56)50-31-23-46(24-32-50)18-14-10-6-2/h25-28,33-36,45-46,49-52,55-58H,5-24,29-32,37-44H2,1-4H3/t45-,46-,49-,50-,51-,52-,55-,56-,57?,58?. The molecule has 0 saturated heterocycles. The molecule has 0 aliphatic heterocycles. The Kier molecular flexibility index (Phi) is 20.8. The molecule has 0 aromatic heterocycles. The molecule has 2 unspecified atom stereocenters. The topological polar surface area (TPSA) is 9.23 Å². The average molecular weight is 807 g/mol. The molecule has 4 fully saturated rings. The van der Waals surface area contributed by atoms with Gasteiger partial charge in [0.2, 0.25) is 0 Å². The normalized spacial score (nSPS) is 28.9. The maximum Gasteiger partial charge on any atom is 0.0861 e. The molecule has 6 rings (SSSR count). The van der Waals surface area contributed by atoms with Crippen molar-refractivity contribution < 1.29 is 4.74 Å². The number of rotatable bonds is 24. The molecule has 2 aromatic rings. The van der Waals surface area contributed by atoms with E-state index in [1.165, 1.54) is 228 Å². The second-order valence-corrected chi connectivity index (χ2v) is 21.3. The van der Waals surface area contributed by atoms with E-state index in [1.54, 1.807) is 0 Å². The van der Waals surface area contributed by atoms with Crippen molar-refractivity contribution in [3.63, 3.8) is 0 Å². The Morgan fingerprint density at radius 1 is 0.373 bits per heavy atom. The third kappa shape index (κ3) is 14.7. The number of hydrogen-bond acceptors (Lipinski definition) is 1. The van der Waals surface area contributed by atoms with Gasteiger partial charge >= 0.3 is 0 Å². The van der Waals surface area contributed by atoms with Crippen LogP contribution in [0.3, 0.4) is 0 Å². The molecule has 0 spiro atoms. The Hall–Kier alpha value is -1.60. The van der Waals surface area contributed by atoms with E-state index in [0.717, 1.165) is 35.5 Å². The van der Waals surface area contributed by atoms with Gasteiger partial charge in [-0.3, -0.25) is 0 Å². The van der Waals surface area contributed by atoms with Gasteiger partial charge in [0.05, 0.1) is 12.2 Å². The summed E-state index contributed by atoms with van der Waals surface area (Å²) in [5.74, 6) is 7.15. The van der Waals surface area contributed by atoms with E-state index >= 15 is 0 Å². The molecule has 59 heavy (non-hydrogen) atoms. The maximum atomic E-state index is 7.86. The lowest BCUT2D eigenvalue weighted by Crippen LogP contribution is -2.31. The van der Waals surface area contributed by atoms with Crippen LogP contribution in [0.4, 0.5) is 0 Å². The summed E-state index contributed by atoms with van der Waals surface area (Å²) in [6, 6.07) is 19.9. The molecule has 0 heterocycles. The predicted molar refractivity (Wildman–Crippen MR) is 256 cm³/mol. The fraction of sp³-hybridized carbons (Fsp3) is 0.793. The van der Waals surface area contributed by atoms with Crippen molar-refractivity contribution in [2.24, 2.45) is 47.3 Å². The van der Waals surface area contributed by atoms with Gasteiger partial charge in [0.15, 0.2) is 0 Å². The van der Waals surface area contributed by atoms with Gasteiger partial charge in [0.1, 0.15) is 0 Å². The summed E-state index contributed by atoms with van der Waals surface area (Å²) >= 11 is 0. The van der Waals surface area contributed by atoms with Crippen LogP contribution in [0.5, 0.6) is 0 Å². The van der Waals surface area contributed by atoms with E-state index in [1.807, 2.05) is 0 Å². The van der Waals surface area contributed by atoms with Gasteiger partial charge < -0.3 is 4.74 Å². The smallest absolute Gasteiger partial charge is 0.0861 e. The van der Waals surface area contributed by atoms with Crippen molar-refractivity contribution in [1.29, 1.82) is 0 Å². The van der Waals surface area contributed by atoms with E-state index in [9.17, 15) is 0 Å². The summed E-state index contributed by atoms with van der Waals surface area (Å²) in [5, 5.41) is 0. The molecule has 0 bridgehead atoms. The second kappa shape index (κ2) is 26.1. The van der Waals surface area contributed by atoms with E-state index in [2.05, 4.69) is 76.2 Å². The minimum atomic E-state index is 0.199. The first-order valence-electron chi connectivity index (χ1n) is 26.9. The summed E-state index contributed by atoms with van der Waals surface area (Å²) in [6.45, 7) is 9.35. The molecule has 1 nitrogen and oxygen atoms in total. The lowest BCUT2D eigenvalue weighted by atomic mass is 9.67. The molecule has 4 aliphatic rings. The highest BCUT2D eigenvalue weighted by Gasteiger charge is 2.39. The van der Waals surface area contributed by atoms with Crippen molar-refractivity contribution in [2.45, 2.75) is 245 Å². The molecule has 1 heteroatoms. The zero-order chi connectivity index (χ0) is 41.1. The summed E-state index contributed by atoms with van der Waals surface area (Å²) in [5.41, 5.74) is 5.95. The van der Waals surface area contributed by atoms with Gasteiger partial charge in [-0.1, -0.05) is 179 Å². The third-order valence-electron chi connectivity index (χ3n) is 17.1. The molecule has 2 aromatic carbocycles. The lowest BCUT2D eigenvalue weighted by molar-refractivity contribution is -0.0934. The third-order valence-corrected chi connectivity index (χ3v) is 17.1. The molecule has 332 valence electrons. The largest absolute Gasteiger partial charge is 0.365 e. The number of unbranched alkanes of at least 4 members (excludes halogenated alkanes) is 8. The highest BCUT2D eigenvalue weighted by Crippen LogP contribution is 2.50. The SMILES string of the molecule is CCCCCc1ccc(C(OC(c2ccc(CCCCC)cc2)[C@H]2CC[C@H]([C@H]3CC[C@H](CCCCC)CC3)CC2)[C@H]2CC[C@H]([C@H]3CC[C@H](CCCCC)CC3)CC2)cc1. The van der Waals surface area contributed by atoms with Crippen LogP contribution in [0.2, 0.25) is 0 Å². The van der Waals surface area contributed by atoms with Gasteiger partial charge in [0.25, 0.3) is 0 Å². The molecular weight excluding hydrogens is 713 g/mol. The van der Waals surface area contributed by atoms with Crippen LogP contribution in [0.1, 0.15) is 255 Å². The second-order valence-electron chi connectivity index (χ2n) is 21.3. The van der Waals surface area contributed by atoms with Gasteiger partial charge in [0, 0.05) is 0 Å². The first-order valence-corrected chi connectivity index (χ1v) is 26.9. The zero-order valence-electron chi connectivity index (χ0n) is 39.4. The van der Waals surface area contributed by atoms with Crippen LogP contribution >= 0.6 is 0 Å². The van der Waals surface area contributed by atoms with E-state index in [-0.39, 0.29) is 12.2 Å².